The molecule has 0 aliphatic rings. The molecule has 0 aliphatic carbocycles. The molecule has 1 aromatic carbocycles. The van der Waals surface area contributed by atoms with Gasteiger partial charge in [-0.3, -0.25) is 4.79 Å². The minimum absolute atomic E-state index is 0.367. The fourth-order valence-corrected chi connectivity index (χ4v) is 2.03. The molecule has 78 valence electrons. The van der Waals surface area contributed by atoms with E-state index in [1.165, 1.54) is 0 Å². The van der Waals surface area contributed by atoms with E-state index in [2.05, 4.69) is 15.9 Å². The molecule has 0 fully saturated rings. The first-order valence-electron chi connectivity index (χ1n) is 4.48. The van der Waals surface area contributed by atoms with Gasteiger partial charge in [0, 0.05) is 4.47 Å². The molecule has 0 unspecified atom stereocenters. The second-order valence-corrected chi connectivity index (χ2v) is 4.34. The van der Waals surface area contributed by atoms with Crippen LogP contribution in [0.1, 0.15) is 11.1 Å². The molecule has 0 saturated carbocycles. The van der Waals surface area contributed by atoms with Crippen molar-refractivity contribution in [2.45, 2.75) is 13.3 Å². The number of hydrogen-bond donors (Lipinski definition) is 1. The molecule has 0 spiro atoms. The Balaban J connectivity index is 2.89. The lowest BCUT2D eigenvalue weighted by atomic mass is 9.99. The first kappa shape index (κ1) is 11.7. The maximum atomic E-state index is 10.9. The van der Waals surface area contributed by atoms with Crippen molar-refractivity contribution in [3.63, 3.8) is 0 Å². The molecule has 0 heterocycles. The van der Waals surface area contributed by atoms with Crippen molar-refractivity contribution in [3.8, 4) is 6.07 Å². The molecule has 1 atom stereocenters. The number of amides is 1. The highest BCUT2D eigenvalue weighted by Gasteiger charge is 2.15. The molecule has 2 N–H and O–H groups in total. The third-order valence-corrected chi connectivity index (χ3v) is 2.50. The zero-order valence-corrected chi connectivity index (χ0v) is 9.91. The summed E-state index contributed by atoms with van der Waals surface area (Å²) in [7, 11) is 0. The van der Waals surface area contributed by atoms with E-state index in [0.717, 1.165) is 15.6 Å². The minimum Gasteiger partial charge on any atom is -0.369 e. The van der Waals surface area contributed by atoms with E-state index in [9.17, 15) is 4.79 Å². The SMILES string of the molecule is Cc1cc(Br)cc(C[C@@H](C#N)C(N)=O)c1. The van der Waals surface area contributed by atoms with Gasteiger partial charge in [-0.2, -0.15) is 5.26 Å². The molecule has 4 heteroatoms. The molecule has 0 bridgehead atoms. The Labute approximate surface area is 97.0 Å². The lowest BCUT2D eigenvalue weighted by Gasteiger charge is -2.06. The average Bonchev–Trinajstić information content (AvgIpc) is 2.12. The van der Waals surface area contributed by atoms with Gasteiger partial charge in [-0.05, 0) is 36.6 Å². The molecule has 0 aromatic heterocycles. The van der Waals surface area contributed by atoms with Crippen molar-refractivity contribution in [1.29, 1.82) is 5.26 Å². The van der Waals surface area contributed by atoms with E-state index in [1.54, 1.807) is 0 Å². The number of rotatable bonds is 3. The van der Waals surface area contributed by atoms with Crippen LogP contribution in [0, 0.1) is 24.2 Å². The van der Waals surface area contributed by atoms with Gasteiger partial charge in [0.15, 0.2) is 0 Å². The highest BCUT2D eigenvalue weighted by molar-refractivity contribution is 9.10. The third-order valence-electron chi connectivity index (χ3n) is 2.04. The maximum absolute atomic E-state index is 10.9. The number of carbonyl (C=O) groups excluding carboxylic acids is 1. The standard InChI is InChI=1S/C11H11BrN2O/c1-7-2-8(5-10(12)3-7)4-9(6-13)11(14)15/h2-3,5,9H,4H2,1H3,(H2,14,15)/t9-/m0/s1. The molecule has 15 heavy (non-hydrogen) atoms. The van der Waals surface area contributed by atoms with E-state index < -0.39 is 11.8 Å². The molecule has 1 aromatic rings. The summed E-state index contributed by atoms with van der Waals surface area (Å²) in [6.07, 6.45) is 0.367. The quantitative estimate of drug-likeness (QED) is 0.909. The van der Waals surface area contributed by atoms with E-state index >= 15 is 0 Å². The predicted octanol–water partition coefficient (Wildman–Crippen LogP) is 1.93. The molecular weight excluding hydrogens is 256 g/mol. The summed E-state index contributed by atoms with van der Waals surface area (Å²) >= 11 is 3.36. The lowest BCUT2D eigenvalue weighted by molar-refractivity contribution is -0.120. The van der Waals surface area contributed by atoms with Gasteiger partial charge < -0.3 is 5.73 Å². The highest BCUT2D eigenvalue weighted by Crippen LogP contribution is 2.17. The molecule has 1 rings (SSSR count). The fourth-order valence-electron chi connectivity index (χ4n) is 1.38. The van der Waals surface area contributed by atoms with E-state index in [4.69, 9.17) is 11.0 Å². The van der Waals surface area contributed by atoms with Gasteiger partial charge in [-0.25, -0.2) is 0 Å². The van der Waals surface area contributed by atoms with E-state index in [-0.39, 0.29) is 0 Å². The van der Waals surface area contributed by atoms with Crippen LogP contribution in [-0.4, -0.2) is 5.91 Å². The minimum atomic E-state index is -0.751. The first-order valence-corrected chi connectivity index (χ1v) is 5.27. The summed E-state index contributed by atoms with van der Waals surface area (Å²) in [5, 5.41) is 8.73. The summed E-state index contributed by atoms with van der Waals surface area (Å²) in [5.74, 6) is -1.33. The largest absolute Gasteiger partial charge is 0.369 e. The number of nitrogens with zero attached hydrogens (tertiary/aromatic N) is 1. The second kappa shape index (κ2) is 4.94. The molecule has 1 amide bonds. The Morgan fingerprint density at radius 1 is 1.60 bits per heavy atom. The number of benzene rings is 1. The number of halogens is 1. The number of hydrogen-bond acceptors (Lipinski definition) is 2. The summed E-state index contributed by atoms with van der Waals surface area (Å²) < 4.78 is 0.943. The Morgan fingerprint density at radius 2 is 2.27 bits per heavy atom. The maximum Gasteiger partial charge on any atom is 0.235 e. The monoisotopic (exact) mass is 266 g/mol. The smallest absolute Gasteiger partial charge is 0.235 e. The van der Waals surface area contributed by atoms with Crippen LogP contribution >= 0.6 is 15.9 Å². The van der Waals surface area contributed by atoms with Gasteiger partial charge in [0.05, 0.1) is 6.07 Å². The van der Waals surface area contributed by atoms with Crippen LogP contribution in [0.15, 0.2) is 22.7 Å². The van der Waals surface area contributed by atoms with Gasteiger partial charge in [0.1, 0.15) is 5.92 Å². The Bertz CT molecular complexity index is 403. The van der Waals surface area contributed by atoms with Gasteiger partial charge in [0.25, 0.3) is 0 Å². The van der Waals surface area contributed by atoms with Crippen molar-refractivity contribution in [2.24, 2.45) is 11.7 Å². The second-order valence-electron chi connectivity index (χ2n) is 3.43. The predicted molar refractivity (Wildman–Crippen MR) is 60.9 cm³/mol. The third kappa shape index (κ3) is 3.37. The van der Waals surface area contributed by atoms with Crippen LogP contribution in [0.2, 0.25) is 0 Å². The summed E-state index contributed by atoms with van der Waals surface area (Å²) in [4.78, 5) is 10.9. The molecule has 3 nitrogen and oxygen atoms in total. The van der Waals surface area contributed by atoms with Crippen molar-refractivity contribution in [1.82, 2.24) is 0 Å². The molecule has 0 saturated heterocycles. The van der Waals surface area contributed by atoms with Crippen LogP contribution in [0.4, 0.5) is 0 Å². The average molecular weight is 267 g/mol. The zero-order valence-electron chi connectivity index (χ0n) is 8.33. The Hall–Kier alpha value is -1.34. The number of nitriles is 1. The van der Waals surface area contributed by atoms with Crippen molar-refractivity contribution < 1.29 is 4.79 Å². The molecule has 0 aliphatic heterocycles. The molecule has 0 radical (unpaired) electrons. The summed E-state index contributed by atoms with van der Waals surface area (Å²) in [6.45, 7) is 1.96. The number of nitrogens with two attached hydrogens (primary N) is 1. The van der Waals surface area contributed by atoms with E-state index in [0.29, 0.717) is 6.42 Å². The lowest BCUT2D eigenvalue weighted by Crippen LogP contribution is -2.23. The van der Waals surface area contributed by atoms with Crippen LogP contribution in [-0.2, 0) is 11.2 Å². The Kier molecular flexibility index (Phi) is 3.87. The van der Waals surface area contributed by atoms with Gasteiger partial charge >= 0.3 is 0 Å². The Morgan fingerprint density at radius 3 is 2.73 bits per heavy atom. The van der Waals surface area contributed by atoms with Gasteiger partial charge in [-0.15, -0.1) is 0 Å². The number of primary amides is 1. The van der Waals surface area contributed by atoms with Crippen LogP contribution in [0.5, 0.6) is 0 Å². The zero-order chi connectivity index (χ0) is 11.4. The fraction of sp³-hybridized carbons (Fsp3) is 0.273. The van der Waals surface area contributed by atoms with Crippen LogP contribution < -0.4 is 5.73 Å². The van der Waals surface area contributed by atoms with Crippen LogP contribution in [0.25, 0.3) is 0 Å². The van der Waals surface area contributed by atoms with Crippen molar-refractivity contribution >= 4 is 21.8 Å². The summed E-state index contributed by atoms with van der Waals surface area (Å²) in [5.41, 5.74) is 7.12. The topological polar surface area (TPSA) is 66.9 Å². The van der Waals surface area contributed by atoms with Gasteiger partial charge in [0.2, 0.25) is 5.91 Å². The highest BCUT2D eigenvalue weighted by atomic mass is 79.9. The van der Waals surface area contributed by atoms with Crippen molar-refractivity contribution in [2.75, 3.05) is 0 Å². The number of aryl methyl sites for hydroxylation is 1. The summed E-state index contributed by atoms with van der Waals surface area (Å²) in [6, 6.07) is 7.70. The number of carbonyl (C=O) groups is 1. The van der Waals surface area contributed by atoms with Crippen LogP contribution in [0.3, 0.4) is 0 Å². The van der Waals surface area contributed by atoms with Gasteiger partial charge in [-0.1, -0.05) is 22.0 Å². The normalized spacial score (nSPS) is 11.8. The van der Waals surface area contributed by atoms with E-state index in [1.807, 2.05) is 31.2 Å². The van der Waals surface area contributed by atoms with Crippen molar-refractivity contribution in [3.05, 3.63) is 33.8 Å². The first-order chi connectivity index (χ1) is 7.02. The molecular formula is C11H11BrN2O.